The molecule has 0 aliphatic heterocycles. The average Bonchev–Trinajstić information content (AvgIpc) is 3.37. The van der Waals surface area contributed by atoms with Crippen LogP contribution in [-0.2, 0) is 14.3 Å². The number of amides is 1. The van der Waals surface area contributed by atoms with Gasteiger partial charge in [-0.2, -0.15) is 0 Å². The molecule has 0 aromatic heterocycles. The minimum absolute atomic E-state index is 0.0177. The number of unbranched alkanes of at least 4 members (excludes halogenated alkanes) is 45. The predicted octanol–water partition coefficient (Wildman–Crippen LogP) is 20.2. The molecule has 0 aliphatic rings. The molecule has 0 saturated carbocycles. The van der Waals surface area contributed by atoms with Gasteiger partial charge < -0.3 is 20.3 Å². The first-order valence-corrected chi connectivity index (χ1v) is 32.1. The highest BCUT2D eigenvalue weighted by Crippen LogP contribution is 2.18. The van der Waals surface area contributed by atoms with Crippen LogP contribution in [0.1, 0.15) is 354 Å². The zero-order valence-corrected chi connectivity index (χ0v) is 48.0. The molecule has 0 aliphatic carbocycles. The Morgan fingerprint density at radius 1 is 0.394 bits per heavy atom. The first-order valence-electron chi connectivity index (χ1n) is 32.1. The highest BCUT2D eigenvalue weighted by molar-refractivity contribution is 5.76. The van der Waals surface area contributed by atoms with Gasteiger partial charge in [0.15, 0.2) is 0 Å². The van der Waals surface area contributed by atoms with Gasteiger partial charge in [0.05, 0.1) is 25.4 Å². The second-order valence-corrected chi connectivity index (χ2v) is 22.1. The molecule has 0 rings (SSSR count). The van der Waals surface area contributed by atoms with Crippen LogP contribution in [0, 0.1) is 0 Å². The molecule has 6 heteroatoms. The van der Waals surface area contributed by atoms with Gasteiger partial charge in [-0.25, -0.2) is 0 Å². The summed E-state index contributed by atoms with van der Waals surface area (Å²) in [5, 5.41) is 23.4. The van der Waals surface area contributed by atoms with Crippen molar-refractivity contribution >= 4 is 11.9 Å². The first kappa shape index (κ1) is 69.3. The third-order valence-electron chi connectivity index (χ3n) is 15.0. The van der Waals surface area contributed by atoms with Crippen molar-refractivity contribution < 1.29 is 24.5 Å². The Kier molecular flexibility index (Phi) is 59.5. The van der Waals surface area contributed by atoms with E-state index in [-0.39, 0.29) is 18.5 Å². The van der Waals surface area contributed by atoms with Crippen molar-refractivity contribution in [2.45, 2.75) is 366 Å². The molecule has 2 atom stereocenters. The lowest BCUT2D eigenvalue weighted by Gasteiger charge is -2.22. The van der Waals surface area contributed by atoms with E-state index in [9.17, 15) is 19.8 Å². The van der Waals surface area contributed by atoms with Gasteiger partial charge in [0, 0.05) is 12.8 Å². The smallest absolute Gasteiger partial charge is 0.305 e. The second kappa shape index (κ2) is 60.9. The maximum absolute atomic E-state index is 12.5. The number of rotatable bonds is 60. The van der Waals surface area contributed by atoms with Crippen LogP contribution in [0.4, 0.5) is 0 Å². The monoisotopic (exact) mass is 1000 g/mol. The number of ether oxygens (including phenoxy) is 1. The lowest BCUT2D eigenvalue weighted by atomic mass is 10.0. The van der Waals surface area contributed by atoms with Crippen LogP contribution in [0.3, 0.4) is 0 Å². The molecule has 6 nitrogen and oxygen atoms in total. The second-order valence-electron chi connectivity index (χ2n) is 22.1. The van der Waals surface area contributed by atoms with E-state index in [4.69, 9.17) is 4.74 Å². The molecule has 3 N–H and O–H groups in total. The number of carbonyl (C=O) groups excluding carboxylic acids is 2. The third kappa shape index (κ3) is 57.5. The van der Waals surface area contributed by atoms with Gasteiger partial charge in [0.25, 0.3) is 0 Å². The summed E-state index contributed by atoms with van der Waals surface area (Å²) in [6.45, 7) is 4.93. The fraction of sp³-hybridized carbons (Fsp3) is 0.908. The molecule has 0 saturated heterocycles. The lowest BCUT2D eigenvalue weighted by Crippen LogP contribution is -2.45. The number of hydrogen-bond donors (Lipinski definition) is 3. The summed E-state index contributed by atoms with van der Waals surface area (Å²) in [5.74, 6) is -0.0622. The Morgan fingerprint density at radius 3 is 1.08 bits per heavy atom. The molecule has 0 aromatic carbocycles. The Labute approximate surface area is 443 Å². The van der Waals surface area contributed by atoms with Crippen LogP contribution in [0.5, 0.6) is 0 Å². The van der Waals surface area contributed by atoms with Gasteiger partial charge in [0.1, 0.15) is 0 Å². The number of aliphatic hydroxyl groups is 2. The average molecular weight is 1000 g/mol. The van der Waals surface area contributed by atoms with Crippen LogP contribution in [-0.4, -0.2) is 47.4 Å². The van der Waals surface area contributed by atoms with E-state index < -0.39 is 12.1 Å². The normalized spacial score (nSPS) is 12.7. The van der Waals surface area contributed by atoms with Crippen molar-refractivity contribution in [1.82, 2.24) is 5.32 Å². The van der Waals surface area contributed by atoms with Gasteiger partial charge in [0.2, 0.25) is 5.91 Å². The number of carbonyl (C=O) groups is 2. The van der Waals surface area contributed by atoms with Gasteiger partial charge in [-0.1, -0.05) is 308 Å². The van der Waals surface area contributed by atoms with Crippen LogP contribution >= 0.6 is 0 Å². The Hall–Kier alpha value is -1.66. The standard InChI is InChI=1S/C65H125NO5/c1-3-5-7-9-11-13-15-17-19-21-22-23-24-25-26-27-28-29-30-33-37-41-45-49-53-57-63(68)62(61-67)66-64(69)58-54-50-46-42-38-34-32-36-40-44-48-52-56-60-71-65(70)59-55-51-47-43-39-35-31-20-18-16-14-12-10-8-6-4-2/h14,16,20,31,62-63,67-68H,3-13,15,17-19,21-30,32-61H2,1-2H3,(H,66,69)/b16-14-,31-20-. The molecule has 0 aromatic rings. The summed E-state index contributed by atoms with van der Waals surface area (Å²) in [6.07, 6.45) is 74.7. The van der Waals surface area contributed by atoms with E-state index >= 15 is 0 Å². The van der Waals surface area contributed by atoms with Crippen LogP contribution in [0.15, 0.2) is 24.3 Å². The summed E-state index contributed by atoms with van der Waals surface area (Å²) in [6, 6.07) is -0.553. The van der Waals surface area contributed by atoms with Crippen LogP contribution < -0.4 is 5.32 Å². The molecular formula is C65H125NO5. The lowest BCUT2D eigenvalue weighted by molar-refractivity contribution is -0.143. The number of esters is 1. The molecule has 0 bridgehead atoms. The van der Waals surface area contributed by atoms with E-state index in [1.807, 2.05) is 0 Å². The van der Waals surface area contributed by atoms with Gasteiger partial charge >= 0.3 is 5.97 Å². The predicted molar refractivity (Wildman–Crippen MR) is 310 cm³/mol. The topological polar surface area (TPSA) is 95.9 Å². The zero-order valence-electron chi connectivity index (χ0n) is 48.0. The molecule has 0 radical (unpaired) electrons. The summed E-state index contributed by atoms with van der Waals surface area (Å²) >= 11 is 0. The highest BCUT2D eigenvalue weighted by atomic mass is 16.5. The van der Waals surface area contributed by atoms with Crippen molar-refractivity contribution in [3.8, 4) is 0 Å². The van der Waals surface area contributed by atoms with Crippen LogP contribution in [0.25, 0.3) is 0 Å². The van der Waals surface area contributed by atoms with E-state index in [2.05, 4.69) is 43.5 Å². The zero-order chi connectivity index (χ0) is 51.4. The largest absolute Gasteiger partial charge is 0.466 e. The van der Waals surface area contributed by atoms with Crippen molar-refractivity contribution in [3.05, 3.63) is 24.3 Å². The van der Waals surface area contributed by atoms with E-state index in [0.717, 1.165) is 57.8 Å². The summed E-state index contributed by atoms with van der Waals surface area (Å²) in [4.78, 5) is 24.6. The summed E-state index contributed by atoms with van der Waals surface area (Å²) in [5.41, 5.74) is 0. The van der Waals surface area contributed by atoms with E-state index in [1.165, 1.54) is 263 Å². The number of hydrogen-bond acceptors (Lipinski definition) is 5. The van der Waals surface area contributed by atoms with E-state index in [0.29, 0.717) is 25.9 Å². The fourth-order valence-electron chi connectivity index (χ4n) is 10.1. The van der Waals surface area contributed by atoms with Crippen molar-refractivity contribution in [2.24, 2.45) is 0 Å². The number of nitrogens with one attached hydrogen (secondary N) is 1. The molecule has 1 amide bonds. The molecule has 0 fully saturated rings. The Bertz CT molecular complexity index is 1110. The van der Waals surface area contributed by atoms with Crippen molar-refractivity contribution in [2.75, 3.05) is 13.2 Å². The summed E-state index contributed by atoms with van der Waals surface area (Å²) < 4.78 is 5.47. The molecule has 420 valence electrons. The molecule has 0 heterocycles. The van der Waals surface area contributed by atoms with Gasteiger partial charge in [-0.05, 0) is 57.8 Å². The SMILES string of the molecule is CCCCCC/C=C\C/C=C\CCCCCCCC(=O)OCCCCCCCCCCCCCCCC(=O)NC(CO)C(O)CCCCCCCCCCCCCCCCCCCCCCCCCCC. The minimum Gasteiger partial charge on any atom is -0.466 e. The van der Waals surface area contributed by atoms with Crippen molar-refractivity contribution in [1.29, 1.82) is 0 Å². The number of allylic oxidation sites excluding steroid dienone is 4. The van der Waals surface area contributed by atoms with E-state index in [1.54, 1.807) is 0 Å². The van der Waals surface area contributed by atoms with Crippen molar-refractivity contribution in [3.63, 3.8) is 0 Å². The first-order chi connectivity index (χ1) is 35.0. The fourth-order valence-corrected chi connectivity index (χ4v) is 10.1. The Balaban J connectivity index is 3.44. The molecule has 2 unspecified atom stereocenters. The Morgan fingerprint density at radius 2 is 0.704 bits per heavy atom. The summed E-state index contributed by atoms with van der Waals surface area (Å²) in [7, 11) is 0. The van der Waals surface area contributed by atoms with Crippen LogP contribution in [0.2, 0.25) is 0 Å². The molecule has 71 heavy (non-hydrogen) atoms. The van der Waals surface area contributed by atoms with Gasteiger partial charge in [-0.15, -0.1) is 0 Å². The molecule has 0 spiro atoms. The number of aliphatic hydroxyl groups excluding tert-OH is 2. The maximum Gasteiger partial charge on any atom is 0.305 e. The quantitative estimate of drug-likeness (QED) is 0.0320. The molecular weight excluding hydrogens is 875 g/mol. The minimum atomic E-state index is -0.675. The highest BCUT2D eigenvalue weighted by Gasteiger charge is 2.20. The third-order valence-corrected chi connectivity index (χ3v) is 15.0. The van der Waals surface area contributed by atoms with Gasteiger partial charge in [-0.3, -0.25) is 9.59 Å². The maximum atomic E-state index is 12.5.